The smallest absolute Gasteiger partial charge is 0.257 e. The Morgan fingerprint density at radius 1 is 1.25 bits per heavy atom. The van der Waals surface area contributed by atoms with E-state index in [0.717, 1.165) is 0 Å². The van der Waals surface area contributed by atoms with Crippen LogP contribution in [0.25, 0.3) is 5.95 Å². The van der Waals surface area contributed by atoms with Gasteiger partial charge in [0.2, 0.25) is 11.9 Å². The van der Waals surface area contributed by atoms with Gasteiger partial charge in [-0.1, -0.05) is 13.8 Å². The number of nitrogens with one attached hydrogen (secondary N) is 2. The summed E-state index contributed by atoms with van der Waals surface area (Å²) in [5.74, 6) is 1.51. The summed E-state index contributed by atoms with van der Waals surface area (Å²) in [6, 6.07) is 1.67. The second kappa shape index (κ2) is 6.29. The van der Waals surface area contributed by atoms with Crippen LogP contribution in [0.15, 0.2) is 18.5 Å². The summed E-state index contributed by atoms with van der Waals surface area (Å²) in [5, 5.41) is 19.5. The Morgan fingerprint density at radius 3 is 2.55 bits per heavy atom. The van der Waals surface area contributed by atoms with E-state index in [1.807, 2.05) is 13.8 Å². The highest BCUT2D eigenvalue weighted by Crippen LogP contribution is 2.12. The molecule has 3 N–H and O–H groups in total. The zero-order valence-corrected chi connectivity index (χ0v) is 11.8. The molecule has 2 heterocycles. The van der Waals surface area contributed by atoms with Crippen LogP contribution in [0, 0.1) is 5.92 Å². The first-order valence-electron chi connectivity index (χ1n) is 6.45. The lowest BCUT2D eigenvalue weighted by molar-refractivity contribution is 0.248. The van der Waals surface area contributed by atoms with Crippen LogP contribution in [0.2, 0.25) is 0 Å². The van der Waals surface area contributed by atoms with Gasteiger partial charge >= 0.3 is 0 Å². The molecule has 1 unspecified atom stereocenters. The summed E-state index contributed by atoms with van der Waals surface area (Å²) in [4.78, 5) is 12.8. The number of aliphatic hydroxyl groups excluding tert-OH is 1. The fourth-order valence-electron chi connectivity index (χ4n) is 1.62. The van der Waals surface area contributed by atoms with Crippen molar-refractivity contribution in [3.63, 3.8) is 0 Å². The van der Waals surface area contributed by atoms with Crippen molar-refractivity contribution in [1.82, 2.24) is 24.7 Å². The number of anilines is 2. The van der Waals surface area contributed by atoms with E-state index in [4.69, 9.17) is 0 Å². The molecule has 0 bridgehead atoms. The van der Waals surface area contributed by atoms with Gasteiger partial charge in [0.15, 0.2) is 0 Å². The van der Waals surface area contributed by atoms with E-state index >= 15 is 0 Å². The highest BCUT2D eigenvalue weighted by molar-refractivity contribution is 5.38. The molecule has 8 nitrogen and oxygen atoms in total. The largest absolute Gasteiger partial charge is 0.394 e. The van der Waals surface area contributed by atoms with Gasteiger partial charge < -0.3 is 15.7 Å². The molecular formula is C12H19N7O. The second-order valence-corrected chi connectivity index (χ2v) is 4.66. The minimum Gasteiger partial charge on any atom is -0.394 e. The Morgan fingerprint density at radius 2 is 2.00 bits per heavy atom. The number of hydrogen-bond acceptors (Lipinski definition) is 7. The van der Waals surface area contributed by atoms with Crippen molar-refractivity contribution in [1.29, 1.82) is 0 Å². The lowest BCUT2D eigenvalue weighted by Crippen LogP contribution is -2.30. The van der Waals surface area contributed by atoms with Crippen LogP contribution in [0.1, 0.15) is 13.8 Å². The maximum Gasteiger partial charge on any atom is 0.257 e. The van der Waals surface area contributed by atoms with E-state index in [9.17, 15) is 5.11 Å². The van der Waals surface area contributed by atoms with E-state index in [2.05, 4.69) is 30.7 Å². The van der Waals surface area contributed by atoms with Crippen molar-refractivity contribution >= 4 is 11.9 Å². The number of nitrogens with zero attached hydrogens (tertiary/aromatic N) is 5. The predicted octanol–water partition coefficient (Wildman–Crippen LogP) is 0.528. The average molecular weight is 277 g/mol. The Bertz CT molecular complexity index is 541. The van der Waals surface area contributed by atoms with E-state index < -0.39 is 0 Å². The molecule has 0 saturated carbocycles. The van der Waals surface area contributed by atoms with Crippen molar-refractivity contribution in [2.45, 2.75) is 19.9 Å². The molecule has 0 radical (unpaired) electrons. The average Bonchev–Trinajstić information content (AvgIpc) is 2.98. The van der Waals surface area contributed by atoms with Crippen molar-refractivity contribution in [2.75, 3.05) is 24.3 Å². The Kier molecular flexibility index (Phi) is 4.46. The van der Waals surface area contributed by atoms with Crippen LogP contribution in [-0.2, 0) is 0 Å². The first-order chi connectivity index (χ1) is 9.63. The molecule has 108 valence electrons. The van der Waals surface area contributed by atoms with Gasteiger partial charge in [0.25, 0.3) is 5.95 Å². The predicted molar refractivity (Wildman–Crippen MR) is 75.8 cm³/mol. The van der Waals surface area contributed by atoms with E-state index in [1.165, 1.54) is 0 Å². The molecule has 0 aliphatic heterocycles. The minimum atomic E-state index is -0.118. The molecule has 0 amide bonds. The van der Waals surface area contributed by atoms with Crippen LogP contribution in [0.5, 0.6) is 0 Å². The van der Waals surface area contributed by atoms with Crippen molar-refractivity contribution in [2.24, 2.45) is 5.92 Å². The number of aliphatic hydroxyl groups is 1. The molecule has 2 aromatic heterocycles. The first-order valence-corrected chi connectivity index (χ1v) is 6.45. The highest BCUT2D eigenvalue weighted by Gasteiger charge is 2.15. The van der Waals surface area contributed by atoms with Gasteiger partial charge in [0.05, 0.1) is 12.6 Å². The van der Waals surface area contributed by atoms with Crippen LogP contribution >= 0.6 is 0 Å². The number of hydrogen-bond donors (Lipinski definition) is 3. The molecule has 0 spiro atoms. The number of rotatable bonds is 6. The summed E-state index contributed by atoms with van der Waals surface area (Å²) < 4.78 is 1.55. The normalized spacial score (nSPS) is 12.4. The molecule has 1 atom stereocenters. The van der Waals surface area contributed by atoms with Crippen LogP contribution in [-0.4, -0.2) is 49.5 Å². The summed E-state index contributed by atoms with van der Waals surface area (Å²) >= 11 is 0. The quantitative estimate of drug-likeness (QED) is 0.708. The molecule has 0 aliphatic carbocycles. The molecule has 0 aliphatic rings. The van der Waals surface area contributed by atoms with Crippen LogP contribution < -0.4 is 10.6 Å². The lowest BCUT2D eigenvalue weighted by Gasteiger charge is -2.20. The molecule has 0 aromatic carbocycles. The minimum absolute atomic E-state index is 0.00927. The lowest BCUT2D eigenvalue weighted by atomic mass is 10.1. The van der Waals surface area contributed by atoms with Crippen molar-refractivity contribution in [3.8, 4) is 5.95 Å². The third kappa shape index (κ3) is 3.21. The summed E-state index contributed by atoms with van der Waals surface area (Å²) in [7, 11) is 1.73. The van der Waals surface area contributed by atoms with E-state index in [-0.39, 0.29) is 18.6 Å². The Labute approximate surface area is 117 Å². The fourth-order valence-corrected chi connectivity index (χ4v) is 1.62. The maximum absolute atomic E-state index is 9.37. The molecule has 0 fully saturated rings. The first kappa shape index (κ1) is 14.2. The van der Waals surface area contributed by atoms with Gasteiger partial charge in [-0.25, -0.2) is 4.68 Å². The van der Waals surface area contributed by atoms with Crippen LogP contribution in [0.4, 0.5) is 11.9 Å². The van der Waals surface area contributed by atoms with Gasteiger partial charge in [-0.3, -0.25) is 0 Å². The summed E-state index contributed by atoms with van der Waals surface area (Å²) in [5.41, 5.74) is 0. The van der Waals surface area contributed by atoms with Gasteiger partial charge in [-0.15, -0.1) is 0 Å². The van der Waals surface area contributed by atoms with Gasteiger partial charge in [-0.05, 0) is 12.0 Å². The van der Waals surface area contributed by atoms with Crippen molar-refractivity contribution in [3.05, 3.63) is 18.5 Å². The maximum atomic E-state index is 9.37. The Hall–Kier alpha value is -2.22. The third-order valence-corrected chi connectivity index (χ3v) is 2.87. The van der Waals surface area contributed by atoms with Gasteiger partial charge in [-0.2, -0.15) is 20.1 Å². The zero-order valence-electron chi connectivity index (χ0n) is 11.8. The SMILES string of the molecule is CNc1nc(NC(CO)C(C)C)nc(-n2cccn2)n1. The van der Waals surface area contributed by atoms with Crippen molar-refractivity contribution < 1.29 is 5.11 Å². The molecule has 0 saturated heterocycles. The Balaban J connectivity index is 2.31. The van der Waals surface area contributed by atoms with Crippen LogP contribution in [0.3, 0.4) is 0 Å². The molecular weight excluding hydrogens is 258 g/mol. The molecule has 20 heavy (non-hydrogen) atoms. The topological polar surface area (TPSA) is 101 Å². The fraction of sp³-hybridized carbons (Fsp3) is 0.500. The van der Waals surface area contributed by atoms with E-state index in [0.29, 0.717) is 17.8 Å². The summed E-state index contributed by atoms with van der Waals surface area (Å²) in [6.45, 7) is 4.04. The molecule has 2 rings (SSSR count). The third-order valence-electron chi connectivity index (χ3n) is 2.87. The molecule has 2 aromatic rings. The van der Waals surface area contributed by atoms with E-state index in [1.54, 1.807) is 30.2 Å². The monoisotopic (exact) mass is 277 g/mol. The number of aromatic nitrogens is 5. The highest BCUT2D eigenvalue weighted by atomic mass is 16.3. The van der Waals surface area contributed by atoms with Gasteiger partial charge in [0.1, 0.15) is 0 Å². The zero-order chi connectivity index (χ0) is 14.5. The standard InChI is InChI=1S/C12H19N7O/c1-8(2)9(7-20)15-11-16-10(13-3)17-12(18-11)19-6-4-5-14-19/h4-6,8-9,20H,7H2,1-3H3,(H2,13,15,16,17,18). The molecule has 8 heteroatoms. The second-order valence-electron chi connectivity index (χ2n) is 4.66. The summed E-state index contributed by atoms with van der Waals surface area (Å²) in [6.07, 6.45) is 3.41. The van der Waals surface area contributed by atoms with Gasteiger partial charge in [0, 0.05) is 19.4 Å².